The standard InChI is InChI=1S/C12H15BrN2O4/c1-2-14-5-7(13)3-9(14)11(17)15-6-8(16)4-10(15)12(18)19/h3,5,8,10,16H,2,4,6H2,1H3,(H,18,19)/t8-,10-/m0/s1. The number of β-amino-alcohol motifs (C(OH)–C–C–N with tert-alkyl or cyclic N) is 1. The lowest BCUT2D eigenvalue weighted by Crippen LogP contribution is -2.41. The first-order valence-corrected chi connectivity index (χ1v) is 6.80. The molecule has 0 radical (unpaired) electrons. The van der Waals surface area contributed by atoms with E-state index < -0.39 is 18.1 Å². The van der Waals surface area contributed by atoms with Crippen LogP contribution in [0.1, 0.15) is 23.8 Å². The maximum atomic E-state index is 12.4. The third-order valence-corrected chi connectivity index (χ3v) is 3.68. The number of amides is 1. The second kappa shape index (κ2) is 5.34. The van der Waals surface area contributed by atoms with E-state index in [2.05, 4.69) is 15.9 Å². The van der Waals surface area contributed by atoms with Crippen molar-refractivity contribution in [1.29, 1.82) is 0 Å². The molecule has 1 saturated heterocycles. The van der Waals surface area contributed by atoms with E-state index in [1.54, 1.807) is 16.8 Å². The minimum atomic E-state index is -1.08. The van der Waals surface area contributed by atoms with Gasteiger partial charge in [-0.2, -0.15) is 0 Å². The van der Waals surface area contributed by atoms with Gasteiger partial charge >= 0.3 is 5.97 Å². The highest BCUT2D eigenvalue weighted by atomic mass is 79.9. The Labute approximate surface area is 118 Å². The highest BCUT2D eigenvalue weighted by Gasteiger charge is 2.39. The normalized spacial score (nSPS) is 22.8. The largest absolute Gasteiger partial charge is 0.480 e. The summed E-state index contributed by atoms with van der Waals surface area (Å²) in [5.74, 6) is -1.45. The Morgan fingerprint density at radius 1 is 1.53 bits per heavy atom. The van der Waals surface area contributed by atoms with Crippen LogP contribution in [0.5, 0.6) is 0 Å². The van der Waals surface area contributed by atoms with Crippen LogP contribution in [0.15, 0.2) is 16.7 Å². The molecule has 0 saturated carbocycles. The van der Waals surface area contributed by atoms with E-state index in [-0.39, 0.29) is 18.9 Å². The Morgan fingerprint density at radius 3 is 2.79 bits per heavy atom. The number of rotatable bonds is 3. The fraction of sp³-hybridized carbons (Fsp3) is 0.500. The van der Waals surface area contributed by atoms with Crippen molar-refractivity contribution in [2.45, 2.75) is 32.0 Å². The number of aryl methyl sites for hydroxylation is 1. The molecule has 1 aliphatic rings. The summed E-state index contributed by atoms with van der Waals surface area (Å²) in [6, 6.07) is 0.705. The number of carboxylic acid groups (broad SMARTS) is 1. The molecule has 1 amide bonds. The Bertz CT molecular complexity index is 514. The molecule has 2 N–H and O–H groups in total. The summed E-state index contributed by atoms with van der Waals surface area (Å²) < 4.78 is 2.51. The van der Waals surface area contributed by atoms with Crippen LogP contribution >= 0.6 is 15.9 Å². The minimum Gasteiger partial charge on any atom is -0.480 e. The molecule has 1 aromatic heterocycles. The summed E-state index contributed by atoms with van der Waals surface area (Å²) in [6.45, 7) is 2.57. The number of likely N-dealkylation sites (tertiary alicyclic amines) is 1. The van der Waals surface area contributed by atoms with Gasteiger partial charge in [0.25, 0.3) is 5.91 Å². The Balaban J connectivity index is 2.30. The number of aliphatic hydroxyl groups excluding tert-OH is 1. The van der Waals surface area contributed by atoms with Gasteiger partial charge in [0.15, 0.2) is 0 Å². The molecule has 1 fully saturated rings. The first-order chi connectivity index (χ1) is 8.93. The molecule has 2 atom stereocenters. The predicted octanol–water partition coefficient (Wildman–Crippen LogP) is 0.930. The van der Waals surface area contributed by atoms with Crippen LogP contribution in [0.3, 0.4) is 0 Å². The predicted molar refractivity (Wildman–Crippen MR) is 70.9 cm³/mol. The lowest BCUT2D eigenvalue weighted by atomic mass is 10.2. The quantitative estimate of drug-likeness (QED) is 0.863. The maximum Gasteiger partial charge on any atom is 0.326 e. The van der Waals surface area contributed by atoms with Crippen LogP contribution in [-0.2, 0) is 11.3 Å². The second-order valence-electron chi connectivity index (χ2n) is 4.53. The van der Waals surface area contributed by atoms with Gasteiger partial charge in [-0.15, -0.1) is 0 Å². The Hall–Kier alpha value is -1.34. The van der Waals surface area contributed by atoms with Crippen molar-refractivity contribution in [3.05, 3.63) is 22.4 Å². The molecule has 0 bridgehead atoms. The van der Waals surface area contributed by atoms with E-state index in [0.717, 1.165) is 4.47 Å². The first-order valence-electron chi connectivity index (χ1n) is 6.01. The summed E-state index contributed by atoms with van der Waals surface area (Å²) in [4.78, 5) is 24.8. The van der Waals surface area contributed by atoms with Crippen molar-refractivity contribution in [2.75, 3.05) is 6.54 Å². The number of halogens is 1. The average molecular weight is 331 g/mol. The molecule has 1 aliphatic heterocycles. The number of carboxylic acids is 1. The van der Waals surface area contributed by atoms with Gasteiger partial charge in [-0.1, -0.05) is 0 Å². The van der Waals surface area contributed by atoms with Gasteiger partial charge in [-0.05, 0) is 28.9 Å². The zero-order valence-electron chi connectivity index (χ0n) is 10.4. The van der Waals surface area contributed by atoms with Gasteiger partial charge in [-0.3, -0.25) is 4.79 Å². The number of aromatic nitrogens is 1. The molecule has 0 aromatic carbocycles. The molecule has 2 rings (SSSR count). The van der Waals surface area contributed by atoms with E-state index >= 15 is 0 Å². The Kier molecular flexibility index (Phi) is 3.96. The van der Waals surface area contributed by atoms with Crippen molar-refractivity contribution in [2.24, 2.45) is 0 Å². The van der Waals surface area contributed by atoms with Gasteiger partial charge < -0.3 is 19.7 Å². The van der Waals surface area contributed by atoms with Crippen molar-refractivity contribution < 1.29 is 19.8 Å². The number of hydrogen-bond acceptors (Lipinski definition) is 3. The first kappa shape index (κ1) is 14.1. The van der Waals surface area contributed by atoms with Crippen LogP contribution < -0.4 is 0 Å². The molecule has 104 valence electrons. The molecule has 0 unspecified atom stereocenters. The van der Waals surface area contributed by atoms with E-state index in [9.17, 15) is 14.7 Å². The molecule has 2 heterocycles. The topological polar surface area (TPSA) is 82.8 Å². The molecule has 0 aliphatic carbocycles. The van der Waals surface area contributed by atoms with Crippen molar-refractivity contribution in [3.63, 3.8) is 0 Å². The second-order valence-corrected chi connectivity index (χ2v) is 5.45. The number of aliphatic hydroxyl groups is 1. The summed E-state index contributed by atoms with van der Waals surface area (Å²) in [5, 5.41) is 18.7. The van der Waals surface area contributed by atoms with Crippen molar-refractivity contribution >= 4 is 27.8 Å². The maximum absolute atomic E-state index is 12.4. The number of carbonyl (C=O) groups is 2. The smallest absolute Gasteiger partial charge is 0.326 e. The number of aliphatic carboxylic acids is 1. The summed E-state index contributed by atoms with van der Waals surface area (Å²) in [7, 11) is 0. The third-order valence-electron chi connectivity index (χ3n) is 3.25. The molecular formula is C12H15BrN2O4. The minimum absolute atomic E-state index is 0.0579. The van der Waals surface area contributed by atoms with E-state index in [1.165, 1.54) is 4.90 Å². The molecular weight excluding hydrogens is 316 g/mol. The monoisotopic (exact) mass is 330 g/mol. The van der Waals surface area contributed by atoms with Crippen LogP contribution in [0, 0.1) is 0 Å². The zero-order chi connectivity index (χ0) is 14.2. The molecule has 6 nitrogen and oxygen atoms in total. The van der Waals surface area contributed by atoms with Crippen molar-refractivity contribution in [3.8, 4) is 0 Å². The van der Waals surface area contributed by atoms with Gasteiger partial charge in [0.05, 0.1) is 6.10 Å². The third kappa shape index (κ3) is 2.66. The van der Waals surface area contributed by atoms with Gasteiger partial charge in [0.1, 0.15) is 11.7 Å². The zero-order valence-corrected chi connectivity index (χ0v) is 12.0. The Morgan fingerprint density at radius 2 is 2.21 bits per heavy atom. The molecule has 7 heteroatoms. The van der Waals surface area contributed by atoms with Gasteiger partial charge in [-0.25, -0.2) is 4.79 Å². The molecule has 0 spiro atoms. The van der Waals surface area contributed by atoms with E-state index in [4.69, 9.17) is 5.11 Å². The summed E-state index contributed by atoms with van der Waals surface area (Å²) in [5.41, 5.74) is 0.426. The number of carbonyl (C=O) groups excluding carboxylic acids is 1. The average Bonchev–Trinajstić information content (AvgIpc) is 2.91. The molecule has 1 aromatic rings. The lowest BCUT2D eigenvalue weighted by Gasteiger charge is -2.21. The number of hydrogen-bond donors (Lipinski definition) is 2. The number of nitrogens with zero attached hydrogens (tertiary/aromatic N) is 2. The van der Waals surface area contributed by atoms with Crippen molar-refractivity contribution in [1.82, 2.24) is 9.47 Å². The summed E-state index contributed by atoms with van der Waals surface area (Å²) >= 11 is 3.30. The van der Waals surface area contributed by atoms with Crippen LogP contribution in [-0.4, -0.2) is 50.2 Å². The highest BCUT2D eigenvalue weighted by molar-refractivity contribution is 9.10. The van der Waals surface area contributed by atoms with Crippen LogP contribution in [0.4, 0.5) is 0 Å². The lowest BCUT2D eigenvalue weighted by molar-refractivity contribution is -0.141. The fourth-order valence-corrected chi connectivity index (χ4v) is 2.80. The fourth-order valence-electron chi connectivity index (χ4n) is 2.33. The van der Waals surface area contributed by atoms with Gasteiger partial charge in [0.2, 0.25) is 0 Å². The molecule has 19 heavy (non-hydrogen) atoms. The van der Waals surface area contributed by atoms with E-state index in [1.807, 2.05) is 6.92 Å². The van der Waals surface area contributed by atoms with Crippen LogP contribution in [0.25, 0.3) is 0 Å². The van der Waals surface area contributed by atoms with Gasteiger partial charge in [0, 0.05) is 30.2 Å². The summed E-state index contributed by atoms with van der Waals surface area (Å²) in [6.07, 6.45) is 1.07. The van der Waals surface area contributed by atoms with E-state index in [0.29, 0.717) is 12.2 Å². The van der Waals surface area contributed by atoms with Crippen LogP contribution in [0.2, 0.25) is 0 Å². The highest BCUT2D eigenvalue weighted by Crippen LogP contribution is 2.23. The SMILES string of the molecule is CCn1cc(Br)cc1C(=O)N1C[C@@H](O)C[C@H]1C(=O)O.